The minimum Gasteiger partial charge on any atom is -0.454 e. The molecule has 1 aliphatic carbocycles. The Balaban J connectivity index is 1.56. The molecule has 182 valence electrons. The molecule has 1 aliphatic heterocycles. The van der Waals surface area contributed by atoms with Gasteiger partial charge in [-0.25, -0.2) is 9.59 Å². The summed E-state index contributed by atoms with van der Waals surface area (Å²) < 4.78 is 54.2. The molecule has 12 heteroatoms. The predicted octanol–water partition coefficient (Wildman–Crippen LogP) is 3.03. The number of benzene rings is 1. The molecule has 0 radical (unpaired) electrons. The summed E-state index contributed by atoms with van der Waals surface area (Å²) in [4.78, 5) is 28.5. The molecule has 3 heterocycles. The van der Waals surface area contributed by atoms with E-state index in [2.05, 4.69) is 14.8 Å². The Labute approximate surface area is 196 Å². The number of hydrogen-bond acceptors (Lipinski definition) is 8. The van der Waals surface area contributed by atoms with Crippen molar-refractivity contribution in [3.05, 3.63) is 47.3 Å². The number of ether oxygens (including phenoxy) is 3. The van der Waals surface area contributed by atoms with E-state index >= 15 is 0 Å². The lowest BCUT2D eigenvalue weighted by atomic mass is 9.89. The Morgan fingerprint density at radius 1 is 1.14 bits per heavy atom. The average Bonchev–Trinajstić information content (AvgIpc) is 3.45. The zero-order chi connectivity index (χ0) is 24.7. The Morgan fingerprint density at radius 2 is 1.94 bits per heavy atom. The molecular formula is C23H19F3N4O5. The minimum absolute atomic E-state index is 0.135. The van der Waals surface area contributed by atoms with Crippen LogP contribution in [0.2, 0.25) is 0 Å². The number of nitrogens with two attached hydrogens (primary N) is 1. The van der Waals surface area contributed by atoms with Gasteiger partial charge in [0.15, 0.2) is 17.2 Å². The molecule has 2 aromatic heterocycles. The van der Waals surface area contributed by atoms with Crippen LogP contribution in [-0.4, -0.2) is 46.2 Å². The van der Waals surface area contributed by atoms with Crippen LogP contribution in [-0.2, 0) is 28.9 Å². The van der Waals surface area contributed by atoms with Crippen LogP contribution in [0.5, 0.6) is 11.5 Å². The first-order chi connectivity index (χ1) is 16.8. The SMILES string of the molecule is NCCCn1nc2c(c1C(=O)OC(=O)C(F)(F)F)CCc1cnc(-c3ccc4c(c3)OCO4)cc1-2. The van der Waals surface area contributed by atoms with E-state index < -0.39 is 18.1 Å². The lowest BCUT2D eigenvalue weighted by Gasteiger charge is -2.16. The summed E-state index contributed by atoms with van der Waals surface area (Å²) in [5, 5.41) is 4.51. The number of carbonyl (C=O) groups excluding carboxylic acids is 2. The summed E-state index contributed by atoms with van der Waals surface area (Å²) in [5.74, 6) is -2.75. The second kappa shape index (κ2) is 8.69. The van der Waals surface area contributed by atoms with Gasteiger partial charge in [-0.3, -0.25) is 9.67 Å². The summed E-state index contributed by atoms with van der Waals surface area (Å²) in [6, 6.07) is 7.21. The number of aryl methyl sites for hydroxylation is 2. The molecule has 0 bridgehead atoms. The summed E-state index contributed by atoms with van der Waals surface area (Å²) in [6.07, 6.45) is -2.37. The highest BCUT2D eigenvalue weighted by molar-refractivity contribution is 5.99. The highest BCUT2D eigenvalue weighted by Crippen LogP contribution is 2.39. The first kappa shape index (κ1) is 22.8. The average molecular weight is 488 g/mol. The zero-order valence-electron chi connectivity index (χ0n) is 18.2. The maximum atomic E-state index is 12.7. The van der Waals surface area contributed by atoms with Gasteiger partial charge in [-0.05, 0) is 55.6 Å². The highest BCUT2D eigenvalue weighted by atomic mass is 19.4. The fourth-order valence-corrected chi connectivity index (χ4v) is 4.15. The Hall–Kier alpha value is -3.93. The zero-order valence-corrected chi connectivity index (χ0v) is 18.2. The molecule has 0 saturated carbocycles. The molecular weight excluding hydrogens is 469 g/mol. The third-order valence-electron chi connectivity index (χ3n) is 5.79. The van der Waals surface area contributed by atoms with Crippen LogP contribution in [0.1, 0.15) is 28.0 Å². The first-order valence-corrected chi connectivity index (χ1v) is 10.8. The molecule has 0 spiro atoms. The number of rotatable bonds is 5. The van der Waals surface area contributed by atoms with E-state index in [1.54, 1.807) is 24.4 Å². The summed E-state index contributed by atoms with van der Waals surface area (Å²) in [6.45, 7) is 0.578. The number of nitrogens with zero attached hydrogens (tertiary/aromatic N) is 3. The van der Waals surface area contributed by atoms with Gasteiger partial charge >= 0.3 is 18.1 Å². The van der Waals surface area contributed by atoms with Crippen molar-refractivity contribution < 1.29 is 37.0 Å². The van der Waals surface area contributed by atoms with Gasteiger partial charge in [0.2, 0.25) is 6.79 Å². The van der Waals surface area contributed by atoms with Gasteiger partial charge in [0.1, 0.15) is 0 Å². The van der Waals surface area contributed by atoms with Crippen LogP contribution in [0.3, 0.4) is 0 Å². The summed E-state index contributed by atoms with van der Waals surface area (Å²) in [5.41, 5.74) is 9.18. The maximum Gasteiger partial charge on any atom is 0.491 e. The largest absolute Gasteiger partial charge is 0.491 e. The van der Waals surface area contributed by atoms with Crippen LogP contribution in [0.25, 0.3) is 22.5 Å². The highest BCUT2D eigenvalue weighted by Gasteiger charge is 2.43. The molecule has 3 aromatic rings. The van der Waals surface area contributed by atoms with Crippen molar-refractivity contribution in [2.24, 2.45) is 5.73 Å². The molecule has 35 heavy (non-hydrogen) atoms. The van der Waals surface area contributed by atoms with Crippen molar-refractivity contribution >= 4 is 11.9 Å². The molecule has 1 aromatic carbocycles. The van der Waals surface area contributed by atoms with Gasteiger partial charge in [0, 0.05) is 29.4 Å². The number of esters is 2. The molecule has 0 unspecified atom stereocenters. The quantitative estimate of drug-likeness (QED) is 0.430. The van der Waals surface area contributed by atoms with Crippen molar-refractivity contribution in [1.29, 1.82) is 0 Å². The fraction of sp³-hybridized carbons (Fsp3) is 0.304. The molecule has 2 N–H and O–H groups in total. The van der Waals surface area contributed by atoms with E-state index in [4.69, 9.17) is 15.2 Å². The molecule has 0 atom stereocenters. The van der Waals surface area contributed by atoms with Crippen LogP contribution in [0, 0.1) is 0 Å². The number of hydrogen-bond donors (Lipinski definition) is 1. The van der Waals surface area contributed by atoms with Gasteiger partial charge in [0.05, 0.1) is 11.4 Å². The second-order valence-electron chi connectivity index (χ2n) is 8.01. The molecule has 5 rings (SSSR count). The van der Waals surface area contributed by atoms with E-state index in [1.165, 1.54) is 4.68 Å². The molecule has 0 amide bonds. The lowest BCUT2D eigenvalue weighted by Crippen LogP contribution is -2.29. The van der Waals surface area contributed by atoms with E-state index in [-0.39, 0.29) is 25.6 Å². The van der Waals surface area contributed by atoms with Crippen LogP contribution < -0.4 is 15.2 Å². The summed E-state index contributed by atoms with van der Waals surface area (Å²) >= 11 is 0. The van der Waals surface area contributed by atoms with Gasteiger partial charge in [-0.1, -0.05) is 0 Å². The van der Waals surface area contributed by atoms with E-state index in [0.717, 1.165) is 11.1 Å². The fourth-order valence-electron chi connectivity index (χ4n) is 4.15. The number of aromatic nitrogens is 3. The topological polar surface area (TPSA) is 119 Å². The van der Waals surface area contributed by atoms with Gasteiger partial charge in [0.25, 0.3) is 0 Å². The molecule has 2 aliphatic rings. The van der Waals surface area contributed by atoms with E-state index in [9.17, 15) is 22.8 Å². The van der Waals surface area contributed by atoms with Crippen molar-refractivity contribution in [2.75, 3.05) is 13.3 Å². The second-order valence-corrected chi connectivity index (χ2v) is 8.01. The third kappa shape index (κ3) is 4.20. The minimum atomic E-state index is -5.30. The first-order valence-electron chi connectivity index (χ1n) is 10.8. The smallest absolute Gasteiger partial charge is 0.454 e. The standard InChI is InChI=1S/C23H19F3N4O5/c24-23(25,26)22(32)35-21(31)20-14-4-2-13-10-28-16(12-3-5-17-18(8-12)34-11-33-17)9-15(13)19(14)29-30(20)7-1-6-27/h3,5,8-10H,1-2,4,6-7,11,27H2. The normalized spacial score (nSPS) is 13.8. The van der Waals surface area contributed by atoms with E-state index in [0.29, 0.717) is 53.3 Å². The predicted molar refractivity (Wildman–Crippen MR) is 115 cm³/mol. The van der Waals surface area contributed by atoms with Gasteiger partial charge in [-0.2, -0.15) is 18.3 Å². The van der Waals surface area contributed by atoms with Crippen LogP contribution in [0.15, 0.2) is 30.5 Å². The van der Waals surface area contributed by atoms with Crippen molar-refractivity contribution in [3.63, 3.8) is 0 Å². The lowest BCUT2D eigenvalue weighted by molar-refractivity contribution is -0.193. The molecule has 0 saturated heterocycles. The number of carbonyl (C=O) groups is 2. The Bertz CT molecular complexity index is 1340. The summed E-state index contributed by atoms with van der Waals surface area (Å²) in [7, 11) is 0. The maximum absolute atomic E-state index is 12.7. The van der Waals surface area contributed by atoms with Crippen molar-refractivity contribution in [1.82, 2.24) is 14.8 Å². The van der Waals surface area contributed by atoms with Gasteiger partial charge in [-0.15, -0.1) is 0 Å². The molecule has 9 nitrogen and oxygen atoms in total. The van der Waals surface area contributed by atoms with Crippen molar-refractivity contribution in [3.8, 4) is 34.0 Å². The molecule has 0 fully saturated rings. The number of alkyl halides is 3. The third-order valence-corrected chi connectivity index (χ3v) is 5.79. The van der Waals surface area contributed by atoms with Gasteiger partial charge < -0.3 is 19.9 Å². The number of fused-ring (bicyclic) bond motifs is 4. The van der Waals surface area contributed by atoms with Crippen molar-refractivity contribution in [2.45, 2.75) is 32.0 Å². The Kier molecular flexibility index (Phi) is 5.67. The van der Waals surface area contributed by atoms with Crippen LogP contribution >= 0.6 is 0 Å². The van der Waals surface area contributed by atoms with E-state index in [1.807, 2.05) is 6.07 Å². The Morgan fingerprint density at radius 3 is 2.71 bits per heavy atom. The van der Waals surface area contributed by atoms with Crippen LogP contribution in [0.4, 0.5) is 13.2 Å². The monoisotopic (exact) mass is 488 g/mol. The number of halogens is 3. The number of pyridine rings is 1.